The van der Waals surface area contributed by atoms with E-state index in [1.165, 1.54) is 0 Å². The summed E-state index contributed by atoms with van der Waals surface area (Å²) in [7, 11) is 3.14. The molecule has 0 heterocycles. The molecule has 0 atom stereocenters. The lowest BCUT2D eigenvalue weighted by atomic mass is 10.0. The van der Waals surface area contributed by atoms with Crippen LogP contribution in [0, 0.1) is 13.8 Å². The summed E-state index contributed by atoms with van der Waals surface area (Å²) in [5.74, 6) is 1.09. The van der Waals surface area contributed by atoms with Gasteiger partial charge in [-0.25, -0.2) is 0 Å². The monoisotopic (exact) mass is 285 g/mol. The van der Waals surface area contributed by atoms with E-state index in [0.29, 0.717) is 22.7 Å². The van der Waals surface area contributed by atoms with Crippen molar-refractivity contribution in [2.24, 2.45) is 0 Å². The predicted octanol–water partition coefficient (Wildman–Crippen LogP) is 3.57. The third-order valence-corrected chi connectivity index (χ3v) is 3.29. The number of amides is 1. The lowest BCUT2D eigenvalue weighted by molar-refractivity contribution is 0.102. The van der Waals surface area contributed by atoms with Crippen molar-refractivity contribution < 1.29 is 14.3 Å². The van der Waals surface area contributed by atoms with Crippen LogP contribution < -0.4 is 14.8 Å². The summed E-state index contributed by atoms with van der Waals surface area (Å²) in [4.78, 5) is 12.4. The van der Waals surface area contributed by atoms with Gasteiger partial charge in [-0.2, -0.15) is 0 Å². The summed E-state index contributed by atoms with van der Waals surface area (Å²) in [6, 6.07) is 11.1. The number of hydrogen-bond donors (Lipinski definition) is 1. The van der Waals surface area contributed by atoms with Crippen molar-refractivity contribution in [1.82, 2.24) is 0 Å². The van der Waals surface area contributed by atoms with Crippen molar-refractivity contribution in [3.05, 3.63) is 53.1 Å². The van der Waals surface area contributed by atoms with Gasteiger partial charge < -0.3 is 14.8 Å². The molecule has 1 amide bonds. The van der Waals surface area contributed by atoms with Crippen LogP contribution in [0.1, 0.15) is 21.5 Å². The van der Waals surface area contributed by atoms with Crippen LogP contribution in [0.25, 0.3) is 0 Å². The number of rotatable bonds is 4. The number of nitrogens with one attached hydrogen (secondary N) is 1. The first-order chi connectivity index (χ1) is 10.0. The van der Waals surface area contributed by atoms with Gasteiger partial charge in [-0.3, -0.25) is 4.79 Å². The van der Waals surface area contributed by atoms with E-state index in [2.05, 4.69) is 5.32 Å². The van der Waals surface area contributed by atoms with E-state index in [9.17, 15) is 4.79 Å². The van der Waals surface area contributed by atoms with Crippen LogP contribution >= 0.6 is 0 Å². The van der Waals surface area contributed by atoms with Crippen LogP contribution in [0.2, 0.25) is 0 Å². The van der Waals surface area contributed by atoms with E-state index in [0.717, 1.165) is 11.1 Å². The van der Waals surface area contributed by atoms with Gasteiger partial charge in [0.25, 0.3) is 5.91 Å². The third-order valence-electron chi connectivity index (χ3n) is 3.29. The standard InChI is InChI=1S/C17H19NO3/c1-11-5-6-12(2)14(9-11)17(19)18-15-8-7-13(20-3)10-16(15)21-4/h5-10H,1-4H3,(H,18,19). The van der Waals surface area contributed by atoms with Gasteiger partial charge in [-0.15, -0.1) is 0 Å². The molecule has 0 aromatic heterocycles. The molecule has 0 spiro atoms. The molecule has 2 aromatic carbocycles. The molecule has 2 rings (SSSR count). The summed E-state index contributed by atoms with van der Waals surface area (Å²) in [6.07, 6.45) is 0. The highest BCUT2D eigenvalue weighted by molar-refractivity contribution is 6.06. The quantitative estimate of drug-likeness (QED) is 0.934. The van der Waals surface area contributed by atoms with Crippen LogP contribution in [-0.2, 0) is 0 Å². The molecule has 4 nitrogen and oxygen atoms in total. The van der Waals surface area contributed by atoms with Crippen molar-refractivity contribution in [2.45, 2.75) is 13.8 Å². The summed E-state index contributed by atoms with van der Waals surface area (Å²) >= 11 is 0. The fraction of sp³-hybridized carbons (Fsp3) is 0.235. The third kappa shape index (κ3) is 3.34. The molecular weight excluding hydrogens is 266 g/mol. The molecule has 0 aliphatic heterocycles. The number of aryl methyl sites for hydroxylation is 2. The number of carbonyl (C=O) groups excluding carboxylic acids is 1. The molecular formula is C17H19NO3. The van der Waals surface area contributed by atoms with E-state index in [1.807, 2.05) is 32.0 Å². The van der Waals surface area contributed by atoms with Gasteiger partial charge in [0.1, 0.15) is 11.5 Å². The second kappa shape index (κ2) is 6.31. The van der Waals surface area contributed by atoms with Crippen molar-refractivity contribution in [3.63, 3.8) is 0 Å². The SMILES string of the molecule is COc1ccc(NC(=O)c2cc(C)ccc2C)c(OC)c1. The smallest absolute Gasteiger partial charge is 0.256 e. The Kier molecular flexibility index (Phi) is 4.48. The van der Waals surface area contributed by atoms with E-state index in [-0.39, 0.29) is 5.91 Å². The van der Waals surface area contributed by atoms with Crippen LogP contribution in [0.5, 0.6) is 11.5 Å². The maximum atomic E-state index is 12.4. The molecule has 0 saturated heterocycles. The van der Waals surface area contributed by atoms with Crippen LogP contribution in [0.4, 0.5) is 5.69 Å². The number of methoxy groups -OCH3 is 2. The molecule has 4 heteroatoms. The zero-order chi connectivity index (χ0) is 15.4. The number of hydrogen-bond acceptors (Lipinski definition) is 3. The summed E-state index contributed by atoms with van der Waals surface area (Å²) < 4.78 is 10.4. The van der Waals surface area contributed by atoms with Crippen molar-refractivity contribution >= 4 is 11.6 Å². The number of benzene rings is 2. The minimum Gasteiger partial charge on any atom is -0.497 e. The van der Waals surface area contributed by atoms with Crippen molar-refractivity contribution in [1.29, 1.82) is 0 Å². The van der Waals surface area contributed by atoms with E-state index in [1.54, 1.807) is 32.4 Å². The fourth-order valence-electron chi connectivity index (χ4n) is 2.07. The molecule has 1 N–H and O–H groups in total. The Hall–Kier alpha value is -2.49. The van der Waals surface area contributed by atoms with Gasteiger partial charge in [-0.05, 0) is 37.6 Å². The molecule has 21 heavy (non-hydrogen) atoms. The first kappa shape index (κ1) is 14.9. The Morgan fingerprint density at radius 3 is 2.43 bits per heavy atom. The van der Waals surface area contributed by atoms with E-state index >= 15 is 0 Å². The Bertz CT molecular complexity index is 665. The molecule has 0 bridgehead atoms. The zero-order valence-electron chi connectivity index (χ0n) is 12.7. The highest BCUT2D eigenvalue weighted by Crippen LogP contribution is 2.29. The van der Waals surface area contributed by atoms with Gasteiger partial charge in [0.2, 0.25) is 0 Å². The Morgan fingerprint density at radius 1 is 1.00 bits per heavy atom. The van der Waals surface area contributed by atoms with Crippen LogP contribution in [0.3, 0.4) is 0 Å². The minimum atomic E-state index is -0.153. The Balaban J connectivity index is 2.29. The maximum Gasteiger partial charge on any atom is 0.256 e. The van der Waals surface area contributed by atoms with Gasteiger partial charge in [0.05, 0.1) is 19.9 Å². The number of ether oxygens (including phenoxy) is 2. The fourth-order valence-corrected chi connectivity index (χ4v) is 2.07. The molecule has 0 aliphatic carbocycles. The Morgan fingerprint density at radius 2 is 1.76 bits per heavy atom. The second-order valence-corrected chi connectivity index (χ2v) is 4.84. The normalized spacial score (nSPS) is 10.1. The predicted molar refractivity (Wildman–Crippen MR) is 83.4 cm³/mol. The summed E-state index contributed by atoms with van der Waals surface area (Å²) in [6.45, 7) is 3.88. The average Bonchev–Trinajstić information content (AvgIpc) is 2.49. The molecule has 0 aliphatic rings. The highest BCUT2D eigenvalue weighted by atomic mass is 16.5. The molecule has 0 fully saturated rings. The van der Waals surface area contributed by atoms with Gasteiger partial charge in [0.15, 0.2) is 0 Å². The average molecular weight is 285 g/mol. The second-order valence-electron chi connectivity index (χ2n) is 4.84. The Labute approximate surface area is 124 Å². The van der Waals surface area contributed by atoms with Gasteiger partial charge in [-0.1, -0.05) is 17.7 Å². The minimum absolute atomic E-state index is 0.153. The van der Waals surface area contributed by atoms with Gasteiger partial charge >= 0.3 is 0 Å². The van der Waals surface area contributed by atoms with Crippen LogP contribution in [-0.4, -0.2) is 20.1 Å². The molecule has 0 radical (unpaired) electrons. The lowest BCUT2D eigenvalue weighted by Crippen LogP contribution is -2.14. The summed E-state index contributed by atoms with van der Waals surface area (Å²) in [5.41, 5.74) is 3.26. The number of carbonyl (C=O) groups is 1. The van der Waals surface area contributed by atoms with Crippen molar-refractivity contribution in [3.8, 4) is 11.5 Å². The largest absolute Gasteiger partial charge is 0.497 e. The first-order valence-electron chi connectivity index (χ1n) is 6.65. The topological polar surface area (TPSA) is 47.6 Å². The highest BCUT2D eigenvalue weighted by Gasteiger charge is 2.12. The number of anilines is 1. The van der Waals surface area contributed by atoms with Crippen molar-refractivity contribution in [2.75, 3.05) is 19.5 Å². The van der Waals surface area contributed by atoms with Crippen LogP contribution in [0.15, 0.2) is 36.4 Å². The van der Waals surface area contributed by atoms with E-state index in [4.69, 9.17) is 9.47 Å². The lowest BCUT2D eigenvalue weighted by Gasteiger charge is -2.13. The zero-order valence-corrected chi connectivity index (χ0v) is 12.7. The van der Waals surface area contributed by atoms with E-state index < -0.39 is 0 Å². The maximum absolute atomic E-state index is 12.4. The molecule has 0 saturated carbocycles. The molecule has 110 valence electrons. The molecule has 2 aromatic rings. The van der Waals surface area contributed by atoms with Gasteiger partial charge in [0, 0.05) is 11.6 Å². The first-order valence-corrected chi connectivity index (χ1v) is 6.65. The summed E-state index contributed by atoms with van der Waals surface area (Å²) in [5, 5.41) is 2.88. The molecule has 0 unspecified atom stereocenters.